The summed E-state index contributed by atoms with van der Waals surface area (Å²) in [6, 6.07) is 17.3. The SMILES string of the molecule is CC1C2(c3ccc(Cl)cc3)OC(=N)C1(C#N)C(C#N)(C#N)C(c1cccc(Cl)c1Cl)O2. The highest BCUT2D eigenvalue weighted by molar-refractivity contribution is 6.42. The van der Waals surface area contributed by atoms with E-state index in [2.05, 4.69) is 6.07 Å². The van der Waals surface area contributed by atoms with Gasteiger partial charge in [0.1, 0.15) is 6.10 Å². The van der Waals surface area contributed by atoms with Crippen LogP contribution in [0.1, 0.15) is 24.2 Å². The van der Waals surface area contributed by atoms with E-state index in [4.69, 9.17) is 49.7 Å². The lowest BCUT2D eigenvalue weighted by Crippen LogP contribution is -2.57. The van der Waals surface area contributed by atoms with E-state index < -0.39 is 34.5 Å². The van der Waals surface area contributed by atoms with Gasteiger partial charge in [-0.2, -0.15) is 15.8 Å². The summed E-state index contributed by atoms with van der Waals surface area (Å²) in [5.74, 6) is -3.02. The van der Waals surface area contributed by atoms with Gasteiger partial charge in [-0.25, -0.2) is 0 Å². The van der Waals surface area contributed by atoms with Crippen molar-refractivity contribution < 1.29 is 9.47 Å². The molecule has 2 aliphatic rings. The third-order valence-electron chi connectivity index (χ3n) is 6.18. The smallest absolute Gasteiger partial charge is 0.244 e. The second-order valence-electron chi connectivity index (χ2n) is 7.42. The van der Waals surface area contributed by atoms with Crippen molar-refractivity contribution >= 4 is 40.7 Å². The maximum absolute atomic E-state index is 10.3. The van der Waals surface area contributed by atoms with Gasteiger partial charge in [0.05, 0.1) is 34.2 Å². The van der Waals surface area contributed by atoms with Gasteiger partial charge in [-0.05, 0) is 18.2 Å². The van der Waals surface area contributed by atoms with E-state index in [1.807, 2.05) is 12.1 Å². The van der Waals surface area contributed by atoms with E-state index >= 15 is 0 Å². The Morgan fingerprint density at radius 2 is 1.61 bits per heavy atom. The Kier molecular flexibility index (Phi) is 4.93. The van der Waals surface area contributed by atoms with Gasteiger partial charge in [-0.15, -0.1) is 0 Å². The van der Waals surface area contributed by atoms with Crippen molar-refractivity contribution in [2.24, 2.45) is 16.7 Å². The summed E-state index contributed by atoms with van der Waals surface area (Å²) < 4.78 is 12.3. The molecule has 2 heterocycles. The summed E-state index contributed by atoms with van der Waals surface area (Å²) in [4.78, 5) is 0. The quantitative estimate of drug-likeness (QED) is 0.598. The normalized spacial score (nSPS) is 30.5. The molecule has 4 unspecified atom stereocenters. The van der Waals surface area contributed by atoms with E-state index in [9.17, 15) is 15.8 Å². The zero-order chi connectivity index (χ0) is 22.6. The predicted molar refractivity (Wildman–Crippen MR) is 113 cm³/mol. The van der Waals surface area contributed by atoms with Crippen molar-refractivity contribution in [3.8, 4) is 18.2 Å². The average Bonchev–Trinajstić information content (AvgIpc) is 2.93. The Labute approximate surface area is 193 Å². The van der Waals surface area contributed by atoms with Gasteiger partial charge >= 0.3 is 0 Å². The molecule has 2 aromatic rings. The van der Waals surface area contributed by atoms with Crippen LogP contribution in [0.3, 0.4) is 0 Å². The molecule has 154 valence electrons. The second-order valence-corrected chi connectivity index (χ2v) is 8.64. The molecule has 6 nitrogen and oxygen atoms in total. The Hall–Kier alpha value is -2.79. The molecule has 4 atom stereocenters. The number of hydrogen-bond acceptors (Lipinski definition) is 6. The third kappa shape index (κ3) is 2.50. The largest absolute Gasteiger partial charge is 0.443 e. The first-order valence-corrected chi connectivity index (χ1v) is 10.3. The molecule has 2 aliphatic heterocycles. The van der Waals surface area contributed by atoms with E-state index in [1.165, 1.54) is 0 Å². The molecule has 0 aromatic heterocycles. The van der Waals surface area contributed by atoms with E-state index in [-0.39, 0.29) is 15.6 Å². The topological polar surface area (TPSA) is 114 Å². The fraction of sp³-hybridized carbons (Fsp3) is 0.273. The molecule has 2 fully saturated rings. The molecule has 2 aromatic carbocycles. The lowest BCUT2D eigenvalue weighted by molar-refractivity contribution is -0.288. The van der Waals surface area contributed by atoms with Gasteiger partial charge < -0.3 is 9.47 Å². The van der Waals surface area contributed by atoms with E-state index in [0.717, 1.165) is 0 Å². The number of hydrogen-bond donors (Lipinski definition) is 1. The van der Waals surface area contributed by atoms with Crippen molar-refractivity contribution in [2.45, 2.75) is 18.8 Å². The summed E-state index contributed by atoms with van der Waals surface area (Å²) >= 11 is 18.6. The minimum atomic E-state index is -2.13. The highest BCUT2D eigenvalue weighted by Crippen LogP contribution is 2.69. The van der Waals surface area contributed by atoms with Crippen LogP contribution in [-0.2, 0) is 15.3 Å². The highest BCUT2D eigenvalue weighted by atomic mass is 35.5. The monoisotopic (exact) mass is 470 g/mol. The maximum Gasteiger partial charge on any atom is 0.244 e. The van der Waals surface area contributed by atoms with Gasteiger partial charge in [0.25, 0.3) is 0 Å². The standard InChI is InChI=1S/C22H13Cl3N4O2/c1-12-21(11-28)19(29)31-22(12,13-5-7-14(23)8-6-13)30-18(20(21,9-26)10-27)15-3-2-4-16(24)17(15)25/h2-8,12,18,29H,1H3. The number of benzene rings is 2. The predicted octanol–water partition coefficient (Wildman–Crippen LogP) is 5.76. The Morgan fingerprint density at radius 3 is 2.19 bits per heavy atom. The van der Waals surface area contributed by atoms with Crippen LogP contribution in [0.5, 0.6) is 0 Å². The van der Waals surface area contributed by atoms with Gasteiger partial charge in [0, 0.05) is 16.1 Å². The fourth-order valence-corrected chi connectivity index (χ4v) is 5.09. The molecule has 0 radical (unpaired) electrons. The lowest BCUT2D eigenvalue weighted by Gasteiger charge is -2.49. The van der Waals surface area contributed by atoms with Gasteiger partial charge in [0.2, 0.25) is 17.1 Å². The van der Waals surface area contributed by atoms with Crippen molar-refractivity contribution in [1.82, 2.24) is 0 Å². The van der Waals surface area contributed by atoms with Gasteiger partial charge in [0.15, 0.2) is 5.41 Å². The van der Waals surface area contributed by atoms with Gasteiger partial charge in [-0.3, -0.25) is 5.41 Å². The number of nitrogens with zero attached hydrogens (tertiary/aromatic N) is 3. The number of halogens is 3. The summed E-state index contributed by atoms with van der Waals surface area (Å²) in [5.41, 5.74) is -3.32. The zero-order valence-corrected chi connectivity index (χ0v) is 18.3. The number of nitrogens with one attached hydrogen (secondary N) is 1. The van der Waals surface area contributed by atoms with Crippen LogP contribution >= 0.6 is 34.8 Å². The minimum Gasteiger partial charge on any atom is -0.443 e. The molecule has 4 rings (SSSR count). The molecule has 0 amide bonds. The molecule has 9 heteroatoms. The van der Waals surface area contributed by atoms with Crippen LogP contribution in [0.4, 0.5) is 0 Å². The second kappa shape index (κ2) is 7.13. The maximum atomic E-state index is 10.3. The van der Waals surface area contributed by atoms with Crippen LogP contribution in [0.2, 0.25) is 15.1 Å². The highest BCUT2D eigenvalue weighted by Gasteiger charge is 2.79. The first-order chi connectivity index (χ1) is 14.7. The number of rotatable bonds is 2. The first-order valence-electron chi connectivity index (χ1n) is 9.13. The Morgan fingerprint density at radius 1 is 0.968 bits per heavy atom. The summed E-state index contributed by atoms with van der Waals surface area (Å²) in [7, 11) is 0. The zero-order valence-electron chi connectivity index (χ0n) is 16.0. The van der Waals surface area contributed by atoms with Crippen molar-refractivity contribution in [1.29, 1.82) is 21.2 Å². The Balaban J connectivity index is 2.07. The molecule has 0 saturated carbocycles. The van der Waals surface area contributed by atoms with E-state index in [0.29, 0.717) is 10.6 Å². The summed E-state index contributed by atoms with van der Waals surface area (Å²) in [6.45, 7) is 1.62. The molecular weight excluding hydrogens is 459 g/mol. The molecule has 31 heavy (non-hydrogen) atoms. The molecule has 0 spiro atoms. The van der Waals surface area contributed by atoms with Gasteiger partial charge in [-0.1, -0.05) is 66.0 Å². The Bertz CT molecular complexity index is 1210. The number of ether oxygens (including phenoxy) is 2. The molecule has 0 aliphatic carbocycles. The van der Waals surface area contributed by atoms with Crippen molar-refractivity contribution in [3.63, 3.8) is 0 Å². The van der Waals surface area contributed by atoms with Crippen LogP contribution in [0, 0.1) is 56.2 Å². The molecule has 2 saturated heterocycles. The summed E-state index contributed by atoms with van der Waals surface area (Å²) in [6.07, 6.45) is -1.33. The van der Waals surface area contributed by atoms with Crippen LogP contribution in [0.15, 0.2) is 42.5 Å². The fourth-order valence-electron chi connectivity index (χ4n) is 4.55. The average molecular weight is 472 g/mol. The van der Waals surface area contributed by atoms with Crippen LogP contribution in [0.25, 0.3) is 0 Å². The van der Waals surface area contributed by atoms with Crippen molar-refractivity contribution in [3.05, 3.63) is 68.7 Å². The third-order valence-corrected chi connectivity index (χ3v) is 7.26. The lowest BCUT2D eigenvalue weighted by atomic mass is 9.53. The number of nitriles is 3. The first kappa shape index (κ1) is 21.4. The van der Waals surface area contributed by atoms with Crippen molar-refractivity contribution in [2.75, 3.05) is 0 Å². The summed E-state index contributed by atoms with van der Waals surface area (Å²) in [5, 5.41) is 40.1. The molecule has 2 bridgehead atoms. The van der Waals surface area contributed by atoms with Crippen LogP contribution in [-0.4, -0.2) is 5.90 Å². The molecule has 1 N–H and O–H groups in total. The van der Waals surface area contributed by atoms with E-state index in [1.54, 1.807) is 49.4 Å². The number of fused-ring (bicyclic) bond motifs is 2. The molecular formula is C22H13Cl3N4O2. The minimum absolute atomic E-state index is 0.0869. The van der Waals surface area contributed by atoms with Crippen LogP contribution < -0.4 is 0 Å².